The Morgan fingerprint density at radius 1 is 1.13 bits per heavy atom. The van der Waals surface area contributed by atoms with Crippen LogP contribution in [-0.2, 0) is 21.0 Å². The Hall–Kier alpha value is -2.99. The first-order valence-corrected chi connectivity index (χ1v) is 9.97. The second-order valence-corrected chi connectivity index (χ2v) is 8.30. The van der Waals surface area contributed by atoms with E-state index in [4.69, 9.17) is 0 Å². The molecule has 0 unspecified atom stereocenters. The lowest BCUT2D eigenvalue weighted by Crippen LogP contribution is -2.49. The van der Waals surface area contributed by atoms with Crippen LogP contribution in [0, 0.1) is 5.82 Å². The van der Waals surface area contributed by atoms with Gasteiger partial charge in [-0.05, 0) is 36.4 Å². The highest BCUT2D eigenvalue weighted by atomic mass is 32.2. The second kappa shape index (κ2) is 8.03. The van der Waals surface area contributed by atoms with Crippen molar-refractivity contribution in [3.63, 3.8) is 0 Å². The van der Waals surface area contributed by atoms with Crippen molar-refractivity contribution in [2.24, 2.45) is 0 Å². The van der Waals surface area contributed by atoms with Gasteiger partial charge in [0.15, 0.2) is 0 Å². The molecule has 0 atom stereocenters. The van der Waals surface area contributed by atoms with E-state index in [9.17, 15) is 35.6 Å². The zero-order valence-corrected chi connectivity index (χ0v) is 16.0. The van der Waals surface area contributed by atoms with E-state index in [1.807, 2.05) is 0 Å². The predicted molar refractivity (Wildman–Crippen MR) is 97.6 cm³/mol. The number of halogens is 4. The minimum atomic E-state index is -4.98. The van der Waals surface area contributed by atoms with E-state index in [0.29, 0.717) is 12.1 Å². The van der Waals surface area contributed by atoms with Gasteiger partial charge in [0.2, 0.25) is 15.9 Å². The maximum Gasteiger partial charge on any atom is 0.419 e. The molecule has 7 nitrogen and oxygen atoms in total. The number of nitrogens with zero attached hydrogens (tertiary/aromatic N) is 1. The topological polar surface area (TPSA) is 95.6 Å². The number of piperazine rings is 1. The van der Waals surface area contributed by atoms with Crippen LogP contribution >= 0.6 is 0 Å². The molecular formula is C18H15F4N3O4S. The first-order chi connectivity index (χ1) is 14.0. The van der Waals surface area contributed by atoms with Crippen molar-refractivity contribution in [1.82, 2.24) is 9.62 Å². The van der Waals surface area contributed by atoms with E-state index in [1.54, 1.807) is 0 Å². The summed E-state index contributed by atoms with van der Waals surface area (Å²) >= 11 is 0. The molecule has 2 aromatic carbocycles. The Kier molecular flexibility index (Phi) is 5.81. The number of carbonyl (C=O) groups excluding carboxylic acids is 2. The van der Waals surface area contributed by atoms with Crippen molar-refractivity contribution in [1.29, 1.82) is 0 Å². The number of anilines is 1. The van der Waals surface area contributed by atoms with Crippen LogP contribution in [0.2, 0.25) is 0 Å². The molecule has 1 fully saturated rings. The first kappa shape index (κ1) is 21.7. The van der Waals surface area contributed by atoms with Crippen LogP contribution in [-0.4, -0.2) is 44.2 Å². The molecule has 0 aromatic heterocycles. The van der Waals surface area contributed by atoms with Crippen molar-refractivity contribution in [2.45, 2.75) is 11.1 Å². The molecule has 2 amide bonds. The third-order valence-corrected chi connectivity index (χ3v) is 6.11. The van der Waals surface area contributed by atoms with Gasteiger partial charge in [0.05, 0.1) is 17.0 Å². The van der Waals surface area contributed by atoms with Gasteiger partial charge in [-0.2, -0.15) is 17.5 Å². The van der Waals surface area contributed by atoms with Crippen LogP contribution in [0.5, 0.6) is 0 Å². The molecule has 1 aliphatic heterocycles. The van der Waals surface area contributed by atoms with E-state index < -0.39 is 45.0 Å². The summed E-state index contributed by atoms with van der Waals surface area (Å²) in [5.41, 5.74) is -2.04. The quantitative estimate of drug-likeness (QED) is 0.706. The average Bonchev–Trinajstić information content (AvgIpc) is 2.67. The van der Waals surface area contributed by atoms with Crippen LogP contribution in [0.15, 0.2) is 47.4 Å². The number of hydrogen-bond donors (Lipinski definition) is 2. The summed E-state index contributed by atoms with van der Waals surface area (Å²) in [6.45, 7) is -0.129. The summed E-state index contributed by atoms with van der Waals surface area (Å²) in [6.07, 6.45) is -4.98. The van der Waals surface area contributed by atoms with Gasteiger partial charge in [-0.3, -0.25) is 9.59 Å². The lowest BCUT2D eigenvalue weighted by molar-refractivity contribution is -0.140. The van der Waals surface area contributed by atoms with Gasteiger partial charge in [-0.15, -0.1) is 0 Å². The van der Waals surface area contributed by atoms with Crippen LogP contribution in [0.3, 0.4) is 0 Å². The summed E-state index contributed by atoms with van der Waals surface area (Å²) < 4.78 is 78.3. The summed E-state index contributed by atoms with van der Waals surface area (Å²) in [6, 6.07) is 6.84. The molecule has 2 N–H and O–H groups in total. The molecule has 3 rings (SSSR count). The van der Waals surface area contributed by atoms with E-state index in [-0.39, 0.29) is 30.2 Å². The summed E-state index contributed by atoms with van der Waals surface area (Å²) in [4.78, 5) is 23.6. The predicted octanol–water partition coefficient (Wildman–Crippen LogP) is 2.22. The van der Waals surface area contributed by atoms with E-state index in [0.717, 1.165) is 16.4 Å². The SMILES string of the molecule is O=C1CN(S(=O)(=O)c2cccc(NC(=O)c3ccc(F)c(C(F)(F)F)c3)c2)CCN1. The monoisotopic (exact) mass is 445 g/mol. The second-order valence-electron chi connectivity index (χ2n) is 6.36. The normalized spacial score (nSPS) is 15.5. The smallest absolute Gasteiger partial charge is 0.354 e. The zero-order chi connectivity index (χ0) is 22.1. The Balaban J connectivity index is 1.83. The fourth-order valence-corrected chi connectivity index (χ4v) is 4.23. The molecule has 0 bridgehead atoms. The number of carbonyl (C=O) groups is 2. The van der Waals surface area contributed by atoms with Crippen LogP contribution in [0.1, 0.15) is 15.9 Å². The van der Waals surface area contributed by atoms with Gasteiger partial charge in [-0.1, -0.05) is 6.07 Å². The molecule has 1 aliphatic rings. The number of nitrogens with one attached hydrogen (secondary N) is 2. The van der Waals surface area contributed by atoms with Crippen molar-refractivity contribution in [3.05, 3.63) is 59.4 Å². The molecule has 0 radical (unpaired) electrons. The minimum absolute atomic E-state index is 0.000389. The molecule has 1 heterocycles. The highest BCUT2D eigenvalue weighted by Gasteiger charge is 2.35. The number of benzene rings is 2. The summed E-state index contributed by atoms with van der Waals surface area (Å²) in [5, 5.41) is 4.79. The first-order valence-electron chi connectivity index (χ1n) is 8.53. The van der Waals surface area contributed by atoms with Gasteiger partial charge in [0, 0.05) is 24.3 Å². The molecule has 1 saturated heterocycles. The minimum Gasteiger partial charge on any atom is -0.354 e. The van der Waals surface area contributed by atoms with Crippen molar-refractivity contribution in [3.8, 4) is 0 Å². The Labute approximate surface area is 168 Å². The fraction of sp³-hybridized carbons (Fsp3) is 0.222. The number of hydrogen-bond acceptors (Lipinski definition) is 4. The maximum atomic E-state index is 13.4. The number of sulfonamides is 1. The molecule has 12 heteroatoms. The fourth-order valence-electron chi connectivity index (χ4n) is 2.79. The van der Waals surface area contributed by atoms with Crippen molar-refractivity contribution >= 4 is 27.5 Å². The van der Waals surface area contributed by atoms with Crippen molar-refractivity contribution < 1.29 is 35.6 Å². The number of alkyl halides is 3. The molecule has 0 aliphatic carbocycles. The van der Waals surface area contributed by atoms with Gasteiger partial charge in [0.1, 0.15) is 5.82 Å². The van der Waals surface area contributed by atoms with Crippen LogP contribution < -0.4 is 10.6 Å². The zero-order valence-electron chi connectivity index (χ0n) is 15.2. The highest BCUT2D eigenvalue weighted by molar-refractivity contribution is 7.89. The number of amides is 2. The van der Waals surface area contributed by atoms with Crippen LogP contribution in [0.4, 0.5) is 23.2 Å². The van der Waals surface area contributed by atoms with Crippen LogP contribution in [0.25, 0.3) is 0 Å². The standard InChI is InChI=1S/C18H15F4N3O4S/c19-15-5-4-11(8-14(15)18(20,21)22)17(27)24-12-2-1-3-13(9-12)30(28,29)25-7-6-23-16(26)10-25/h1-5,8-9H,6-7,10H2,(H,23,26)(H,24,27). The van der Waals surface area contributed by atoms with Gasteiger partial charge < -0.3 is 10.6 Å². The number of rotatable bonds is 4. The lowest BCUT2D eigenvalue weighted by Gasteiger charge is -2.26. The molecule has 0 spiro atoms. The Morgan fingerprint density at radius 2 is 1.87 bits per heavy atom. The van der Waals surface area contributed by atoms with Crippen molar-refractivity contribution in [2.75, 3.05) is 25.0 Å². The Morgan fingerprint density at radius 3 is 2.53 bits per heavy atom. The average molecular weight is 445 g/mol. The lowest BCUT2D eigenvalue weighted by atomic mass is 10.1. The Bertz CT molecular complexity index is 1100. The third-order valence-electron chi connectivity index (χ3n) is 4.27. The maximum absolute atomic E-state index is 13.4. The molecule has 2 aromatic rings. The van der Waals surface area contributed by atoms with Gasteiger partial charge in [0.25, 0.3) is 5.91 Å². The molecular weight excluding hydrogens is 430 g/mol. The summed E-state index contributed by atoms with van der Waals surface area (Å²) in [5.74, 6) is -2.95. The summed E-state index contributed by atoms with van der Waals surface area (Å²) in [7, 11) is -4.03. The molecule has 30 heavy (non-hydrogen) atoms. The van der Waals surface area contributed by atoms with E-state index >= 15 is 0 Å². The van der Waals surface area contributed by atoms with E-state index in [2.05, 4.69) is 10.6 Å². The van der Waals surface area contributed by atoms with E-state index in [1.165, 1.54) is 18.2 Å². The van der Waals surface area contributed by atoms with Gasteiger partial charge in [-0.25, -0.2) is 12.8 Å². The highest BCUT2D eigenvalue weighted by Crippen LogP contribution is 2.32. The third kappa shape index (κ3) is 4.60. The molecule has 160 valence electrons. The van der Waals surface area contributed by atoms with Gasteiger partial charge >= 0.3 is 6.18 Å². The largest absolute Gasteiger partial charge is 0.419 e. The molecule has 0 saturated carbocycles.